The third kappa shape index (κ3) is 8.83. The first-order valence-electron chi connectivity index (χ1n) is 18.2. The van der Waals surface area contributed by atoms with Crippen molar-refractivity contribution in [3.8, 4) is 5.75 Å². The molecule has 4 N–H and O–H groups in total. The fourth-order valence-corrected chi connectivity index (χ4v) is 7.26. The first-order valence-corrected chi connectivity index (χ1v) is 18.5. The van der Waals surface area contributed by atoms with Crippen LogP contribution in [0, 0.1) is 5.82 Å². The van der Waals surface area contributed by atoms with Crippen molar-refractivity contribution < 1.29 is 23.5 Å². The number of nitrogens with zero attached hydrogens (tertiary/aromatic N) is 5. The van der Waals surface area contributed by atoms with E-state index in [1.54, 1.807) is 25.3 Å². The van der Waals surface area contributed by atoms with Gasteiger partial charge in [-0.3, -0.25) is 24.6 Å². The number of nitrogens with one attached hydrogen (secondary N) is 4. The third-order valence-corrected chi connectivity index (χ3v) is 10.5. The minimum absolute atomic E-state index is 0.154. The van der Waals surface area contributed by atoms with Crippen LogP contribution in [0.15, 0.2) is 72.9 Å². The van der Waals surface area contributed by atoms with E-state index in [0.29, 0.717) is 62.9 Å². The van der Waals surface area contributed by atoms with Crippen LogP contribution in [-0.2, 0) is 14.4 Å². The van der Waals surface area contributed by atoms with Gasteiger partial charge in [-0.25, -0.2) is 9.37 Å². The van der Waals surface area contributed by atoms with Crippen molar-refractivity contribution in [2.75, 3.05) is 73.8 Å². The standard InChI is InChI=1S/C39H43ClFN9O4/c1-54-34-22-28(10-11-32(34)45-39-42-23-29(40)37(47-39)44-31-5-3-2-4-30(31)41)49-18-20-50(21-19-49)36(52)24-48-16-14-26(15-17-48)25-6-8-27(9-7-25)43-33-12-13-35(51)46-38(33)53/h2-11,22-23,26,33,43H,12-21,24H2,1H3,(H,46,51,53)(H2,42,44,45,47). The quantitative estimate of drug-likeness (QED) is 0.144. The summed E-state index contributed by atoms with van der Waals surface area (Å²) in [6.45, 7) is 4.79. The molecular weight excluding hydrogens is 713 g/mol. The Labute approximate surface area is 318 Å². The highest BCUT2D eigenvalue weighted by Crippen LogP contribution is 2.34. The van der Waals surface area contributed by atoms with Crippen molar-refractivity contribution in [3.05, 3.63) is 89.3 Å². The average molecular weight is 756 g/mol. The number of likely N-dealkylation sites (tertiary alicyclic amines) is 1. The van der Waals surface area contributed by atoms with Crippen molar-refractivity contribution in [3.63, 3.8) is 0 Å². The highest BCUT2D eigenvalue weighted by Gasteiger charge is 2.28. The van der Waals surface area contributed by atoms with Gasteiger partial charge in [0.1, 0.15) is 22.6 Å². The monoisotopic (exact) mass is 755 g/mol. The number of imide groups is 1. The molecule has 3 fully saturated rings. The molecule has 3 aliphatic heterocycles. The lowest BCUT2D eigenvalue weighted by molar-refractivity contribution is -0.134. The van der Waals surface area contributed by atoms with Crippen LogP contribution in [-0.4, -0.2) is 96.5 Å². The van der Waals surface area contributed by atoms with E-state index in [0.717, 1.165) is 37.3 Å². The number of aromatic nitrogens is 2. The van der Waals surface area contributed by atoms with Gasteiger partial charge in [0.05, 0.1) is 31.2 Å². The molecule has 3 saturated heterocycles. The first kappa shape index (κ1) is 36.9. The minimum Gasteiger partial charge on any atom is -0.494 e. The number of hydrogen-bond acceptors (Lipinski definition) is 11. The maximum atomic E-state index is 14.2. The second-order valence-corrected chi connectivity index (χ2v) is 14.1. The van der Waals surface area contributed by atoms with E-state index in [1.165, 1.54) is 17.8 Å². The number of amides is 3. The van der Waals surface area contributed by atoms with Crippen LogP contribution in [0.1, 0.15) is 37.2 Å². The Balaban J connectivity index is 0.868. The Hall–Kier alpha value is -5.47. The summed E-state index contributed by atoms with van der Waals surface area (Å²) in [6.07, 6.45) is 4.23. The van der Waals surface area contributed by atoms with Crippen LogP contribution < -0.4 is 30.9 Å². The molecule has 0 saturated carbocycles. The number of rotatable bonds is 11. The van der Waals surface area contributed by atoms with Gasteiger partial charge in [-0.15, -0.1) is 0 Å². The summed E-state index contributed by atoms with van der Waals surface area (Å²) in [5.74, 6) is 0.760. The van der Waals surface area contributed by atoms with E-state index in [4.69, 9.17) is 16.3 Å². The van der Waals surface area contributed by atoms with E-state index in [1.807, 2.05) is 35.2 Å². The zero-order valence-corrected chi connectivity index (χ0v) is 30.7. The van der Waals surface area contributed by atoms with Crippen molar-refractivity contribution in [1.82, 2.24) is 25.1 Å². The van der Waals surface area contributed by atoms with Gasteiger partial charge in [0, 0.05) is 50.0 Å². The van der Waals surface area contributed by atoms with Crippen LogP contribution in [0.5, 0.6) is 5.75 Å². The van der Waals surface area contributed by atoms with Gasteiger partial charge in [-0.1, -0.05) is 35.9 Å². The molecule has 0 bridgehead atoms. The molecule has 54 heavy (non-hydrogen) atoms. The molecule has 0 spiro atoms. The maximum Gasteiger partial charge on any atom is 0.249 e. The van der Waals surface area contributed by atoms with Gasteiger partial charge in [0.15, 0.2) is 5.82 Å². The van der Waals surface area contributed by atoms with Gasteiger partial charge in [-0.05, 0) is 80.2 Å². The lowest BCUT2D eigenvalue weighted by Crippen LogP contribution is -2.51. The van der Waals surface area contributed by atoms with Gasteiger partial charge >= 0.3 is 0 Å². The minimum atomic E-state index is -0.426. The average Bonchev–Trinajstić information content (AvgIpc) is 3.19. The van der Waals surface area contributed by atoms with Gasteiger partial charge in [0.25, 0.3) is 0 Å². The summed E-state index contributed by atoms with van der Waals surface area (Å²) in [6, 6.07) is 19.9. The third-order valence-electron chi connectivity index (χ3n) is 10.2. The van der Waals surface area contributed by atoms with Crippen molar-refractivity contribution in [1.29, 1.82) is 0 Å². The lowest BCUT2D eigenvalue weighted by Gasteiger charge is -2.38. The van der Waals surface area contributed by atoms with Crippen LogP contribution in [0.3, 0.4) is 0 Å². The van der Waals surface area contributed by atoms with Crippen LogP contribution >= 0.6 is 11.6 Å². The fraction of sp³-hybridized carbons (Fsp3) is 0.359. The molecule has 0 radical (unpaired) electrons. The molecule has 4 aromatic rings. The van der Waals surface area contributed by atoms with Crippen molar-refractivity contribution in [2.24, 2.45) is 0 Å². The summed E-state index contributed by atoms with van der Waals surface area (Å²) in [5.41, 5.74) is 3.99. The number of piperidine rings is 2. The predicted molar refractivity (Wildman–Crippen MR) is 206 cm³/mol. The largest absolute Gasteiger partial charge is 0.494 e. The molecule has 0 aliphatic carbocycles. The molecular formula is C39H43ClFN9O4. The number of anilines is 6. The molecule has 15 heteroatoms. The molecule has 4 heterocycles. The highest BCUT2D eigenvalue weighted by atomic mass is 35.5. The number of halogens is 2. The van der Waals surface area contributed by atoms with E-state index < -0.39 is 11.9 Å². The summed E-state index contributed by atoms with van der Waals surface area (Å²) in [5, 5.41) is 12.0. The Morgan fingerprint density at radius 3 is 2.43 bits per heavy atom. The molecule has 1 aromatic heterocycles. The number of piperazine rings is 1. The second kappa shape index (κ2) is 16.7. The molecule has 1 unspecified atom stereocenters. The van der Waals surface area contributed by atoms with Crippen molar-refractivity contribution in [2.45, 2.75) is 37.6 Å². The number of carbonyl (C=O) groups is 3. The zero-order valence-electron chi connectivity index (χ0n) is 30.0. The Morgan fingerprint density at radius 1 is 0.944 bits per heavy atom. The molecule has 7 rings (SSSR count). The Kier molecular flexibility index (Phi) is 11.4. The van der Waals surface area contributed by atoms with Crippen LogP contribution in [0.25, 0.3) is 0 Å². The predicted octanol–water partition coefficient (Wildman–Crippen LogP) is 5.51. The number of hydrogen-bond donors (Lipinski definition) is 4. The molecule has 3 aliphatic rings. The highest BCUT2D eigenvalue weighted by molar-refractivity contribution is 6.32. The molecule has 13 nitrogen and oxygen atoms in total. The fourth-order valence-electron chi connectivity index (χ4n) is 7.12. The topological polar surface area (TPSA) is 144 Å². The summed E-state index contributed by atoms with van der Waals surface area (Å²) in [4.78, 5) is 52.0. The second-order valence-electron chi connectivity index (χ2n) is 13.7. The SMILES string of the molecule is COc1cc(N2CCN(C(=O)CN3CCC(c4ccc(NC5CCC(=O)NC5=O)cc4)CC3)CC2)ccc1Nc1ncc(Cl)c(Nc2ccccc2F)n1. The molecule has 1 atom stereocenters. The smallest absolute Gasteiger partial charge is 0.249 e. The summed E-state index contributed by atoms with van der Waals surface area (Å²) >= 11 is 6.29. The van der Waals surface area contributed by atoms with Crippen LogP contribution in [0.4, 0.5) is 38.9 Å². The van der Waals surface area contributed by atoms with Gasteiger partial charge in [0.2, 0.25) is 23.7 Å². The lowest BCUT2D eigenvalue weighted by atomic mass is 9.89. The Bertz CT molecular complexity index is 1990. The molecule has 3 aromatic carbocycles. The van der Waals surface area contributed by atoms with E-state index >= 15 is 0 Å². The Morgan fingerprint density at radius 2 is 1.70 bits per heavy atom. The number of para-hydroxylation sites is 1. The number of benzene rings is 3. The van der Waals surface area contributed by atoms with Crippen molar-refractivity contribution >= 4 is 63.8 Å². The van der Waals surface area contributed by atoms with Gasteiger partial charge < -0.3 is 30.5 Å². The van der Waals surface area contributed by atoms with Gasteiger partial charge in [-0.2, -0.15) is 4.98 Å². The zero-order chi connectivity index (χ0) is 37.6. The summed E-state index contributed by atoms with van der Waals surface area (Å²) in [7, 11) is 1.59. The molecule has 3 amide bonds. The first-order chi connectivity index (χ1) is 26.2. The number of ether oxygens (including phenoxy) is 1. The maximum absolute atomic E-state index is 14.2. The number of carbonyl (C=O) groups excluding carboxylic acids is 3. The summed E-state index contributed by atoms with van der Waals surface area (Å²) < 4.78 is 19.9. The van der Waals surface area contributed by atoms with E-state index in [2.05, 4.69) is 53.2 Å². The molecule has 282 valence electrons. The van der Waals surface area contributed by atoms with Crippen LogP contribution in [0.2, 0.25) is 5.02 Å². The number of methoxy groups -OCH3 is 1. The van der Waals surface area contributed by atoms with E-state index in [9.17, 15) is 18.8 Å². The normalized spacial score (nSPS) is 18.2. The van der Waals surface area contributed by atoms with E-state index in [-0.39, 0.29) is 40.2 Å².